The Morgan fingerprint density at radius 1 is 1.16 bits per heavy atom. The minimum Gasteiger partial charge on any atom is -0.496 e. The maximum absolute atomic E-state index is 14.7. The summed E-state index contributed by atoms with van der Waals surface area (Å²) in [7, 11) is 3.11. The van der Waals surface area contributed by atoms with Crippen LogP contribution in [0.4, 0.5) is 4.39 Å². The lowest BCUT2D eigenvalue weighted by atomic mass is 9.86. The van der Waals surface area contributed by atoms with Crippen LogP contribution in [0.15, 0.2) is 60.9 Å². The van der Waals surface area contributed by atoms with Crippen LogP contribution in [-0.2, 0) is 11.3 Å². The predicted octanol–water partition coefficient (Wildman–Crippen LogP) is 4.37. The number of ketones is 1. The molecular formula is C29H30FN5O3. The van der Waals surface area contributed by atoms with Gasteiger partial charge < -0.3 is 10.1 Å². The van der Waals surface area contributed by atoms with Gasteiger partial charge in [0.05, 0.1) is 18.7 Å². The van der Waals surface area contributed by atoms with Gasteiger partial charge in [-0.2, -0.15) is 5.10 Å². The zero-order valence-electron chi connectivity index (χ0n) is 21.4. The number of halogens is 1. The van der Waals surface area contributed by atoms with E-state index in [2.05, 4.69) is 20.5 Å². The number of aromatic nitrogens is 3. The van der Waals surface area contributed by atoms with Gasteiger partial charge in [0.15, 0.2) is 5.78 Å². The van der Waals surface area contributed by atoms with E-state index in [4.69, 9.17) is 4.74 Å². The number of ether oxygens (including phenoxy) is 1. The summed E-state index contributed by atoms with van der Waals surface area (Å²) in [5, 5.41) is 11.1. The van der Waals surface area contributed by atoms with Crippen molar-refractivity contribution in [3.05, 3.63) is 77.9 Å². The molecule has 1 amide bonds. The normalized spacial score (nSPS) is 17.9. The molecule has 8 nitrogen and oxygen atoms in total. The maximum atomic E-state index is 14.7. The van der Waals surface area contributed by atoms with Gasteiger partial charge in [0.2, 0.25) is 5.91 Å². The number of amides is 1. The van der Waals surface area contributed by atoms with Crippen LogP contribution in [0, 0.1) is 11.7 Å². The molecule has 1 aliphatic heterocycles. The van der Waals surface area contributed by atoms with Crippen LogP contribution >= 0.6 is 0 Å². The molecule has 0 aliphatic carbocycles. The monoisotopic (exact) mass is 515 g/mol. The molecule has 3 heterocycles. The molecule has 38 heavy (non-hydrogen) atoms. The SMILES string of the molecule is CNC(=O)[C@@H]1CC[C@@H](CC(=O)c2ccc3[nH]nc(-c4ccncc4)c3c2)CN1Cc1c(F)cccc1OC. The highest BCUT2D eigenvalue weighted by molar-refractivity contribution is 6.02. The largest absolute Gasteiger partial charge is 0.496 e. The Bertz CT molecular complexity index is 1460. The van der Waals surface area contributed by atoms with Crippen molar-refractivity contribution in [2.75, 3.05) is 20.7 Å². The van der Waals surface area contributed by atoms with E-state index in [9.17, 15) is 14.0 Å². The van der Waals surface area contributed by atoms with Crippen LogP contribution in [-0.4, -0.2) is 58.5 Å². The van der Waals surface area contributed by atoms with E-state index in [1.165, 1.54) is 13.2 Å². The molecule has 1 aliphatic rings. The average molecular weight is 516 g/mol. The second-order valence-electron chi connectivity index (χ2n) is 9.62. The summed E-state index contributed by atoms with van der Waals surface area (Å²) >= 11 is 0. The molecule has 2 aromatic heterocycles. The Morgan fingerprint density at radius 3 is 2.74 bits per heavy atom. The number of pyridine rings is 1. The van der Waals surface area contributed by atoms with Crippen molar-refractivity contribution < 1.29 is 18.7 Å². The molecule has 0 spiro atoms. The Kier molecular flexibility index (Phi) is 7.46. The van der Waals surface area contributed by atoms with E-state index in [-0.39, 0.29) is 30.0 Å². The maximum Gasteiger partial charge on any atom is 0.237 e. The lowest BCUT2D eigenvalue weighted by Crippen LogP contribution is -2.50. The lowest BCUT2D eigenvalue weighted by Gasteiger charge is -2.38. The minimum absolute atomic E-state index is 0.0283. The quantitative estimate of drug-likeness (QED) is 0.338. The number of hydrogen-bond acceptors (Lipinski definition) is 6. The van der Waals surface area contributed by atoms with E-state index in [0.717, 1.165) is 28.6 Å². The summed E-state index contributed by atoms with van der Waals surface area (Å²) in [5.41, 5.74) is 3.56. The topological polar surface area (TPSA) is 100 Å². The van der Waals surface area contributed by atoms with Gasteiger partial charge in [-0.25, -0.2) is 4.39 Å². The van der Waals surface area contributed by atoms with E-state index >= 15 is 0 Å². The predicted molar refractivity (Wildman–Crippen MR) is 142 cm³/mol. The van der Waals surface area contributed by atoms with Crippen LogP contribution in [0.25, 0.3) is 22.2 Å². The highest BCUT2D eigenvalue weighted by Gasteiger charge is 2.34. The minimum atomic E-state index is -0.402. The summed E-state index contributed by atoms with van der Waals surface area (Å²) in [4.78, 5) is 32.1. The summed E-state index contributed by atoms with van der Waals surface area (Å²) in [5.74, 6) is 0.00881. The number of nitrogens with one attached hydrogen (secondary N) is 2. The van der Waals surface area contributed by atoms with Crippen LogP contribution in [0.1, 0.15) is 35.2 Å². The van der Waals surface area contributed by atoms with Gasteiger partial charge in [0, 0.05) is 61.0 Å². The molecule has 2 atom stereocenters. The number of fused-ring (bicyclic) bond motifs is 1. The van der Waals surface area contributed by atoms with Crippen molar-refractivity contribution in [3.63, 3.8) is 0 Å². The second-order valence-corrected chi connectivity index (χ2v) is 9.62. The average Bonchev–Trinajstić information content (AvgIpc) is 3.37. The number of H-pyrrole nitrogens is 1. The Balaban J connectivity index is 1.35. The molecule has 5 rings (SSSR count). The van der Waals surface area contributed by atoms with Crippen LogP contribution in [0.5, 0.6) is 5.75 Å². The number of aromatic amines is 1. The first kappa shape index (κ1) is 25.5. The van der Waals surface area contributed by atoms with Gasteiger partial charge in [-0.3, -0.25) is 24.6 Å². The van der Waals surface area contributed by atoms with E-state index in [1.54, 1.807) is 31.6 Å². The fraction of sp³-hybridized carbons (Fsp3) is 0.310. The summed E-state index contributed by atoms with van der Waals surface area (Å²) in [6, 6.07) is 13.6. The number of benzene rings is 2. The fourth-order valence-corrected chi connectivity index (χ4v) is 5.32. The summed E-state index contributed by atoms with van der Waals surface area (Å²) < 4.78 is 20.1. The van der Waals surface area contributed by atoms with Gasteiger partial charge in [0.25, 0.3) is 0 Å². The van der Waals surface area contributed by atoms with Crippen LogP contribution in [0.2, 0.25) is 0 Å². The third kappa shape index (κ3) is 5.15. The van der Waals surface area contributed by atoms with Gasteiger partial charge in [0.1, 0.15) is 17.3 Å². The molecule has 4 aromatic rings. The second kappa shape index (κ2) is 11.1. The molecule has 0 unspecified atom stereocenters. The molecule has 0 saturated carbocycles. The number of carbonyl (C=O) groups excluding carboxylic acids is 2. The molecule has 2 aromatic carbocycles. The zero-order chi connectivity index (χ0) is 26.6. The third-order valence-corrected chi connectivity index (χ3v) is 7.30. The van der Waals surface area contributed by atoms with Gasteiger partial charge in [-0.1, -0.05) is 6.07 Å². The molecule has 9 heteroatoms. The van der Waals surface area contributed by atoms with Crippen molar-refractivity contribution in [2.24, 2.45) is 5.92 Å². The molecule has 0 radical (unpaired) electrons. The summed E-state index contributed by atoms with van der Waals surface area (Å²) in [6.07, 6.45) is 5.07. The first-order chi connectivity index (χ1) is 18.5. The molecule has 196 valence electrons. The number of carbonyl (C=O) groups is 2. The van der Waals surface area contributed by atoms with Crippen LogP contribution < -0.4 is 10.1 Å². The smallest absolute Gasteiger partial charge is 0.237 e. The highest BCUT2D eigenvalue weighted by Crippen LogP contribution is 2.32. The fourth-order valence-electron chi connectivity index (χ4n) is 5.32. The number of likely N-dealkylation sites (tertiary alicyclic amines) is 1. The Hall–Kier alpha value is -4.11. The van der Waals surface area contributed by atoms with E-state index in [1.807, 2.05) is 35.2 Å². The lowest BCUT2D eigenvalue weighted by molar-refractivity contribution is -0.128. The van der Waals surface area contributed by atoms with Gasteiger partial charge >= 0.3 is 0 Å². The first-order valence-electron chi connectivity index (χ1n) is 12.7. The molecule has 1 saturated heterocycles. The first-order valence-corrected chi connectivity index (χ1v) is 12.7. The Morgan fingerprint density at radius 2 is 1.97 bits per heavy atom. The van der Waals surface area contributed by atoms with Crippen molar-refractivity contribution in [1.29, 1.82) is 0 Å². The van der Waals surface area contributed by atoms with Gasteiger partial charge in [-0.15, -0.1) is 0 Å². The molecule has 0 bridgehead atoms. The number of rotatable bonds is 8. The summed E-state index contributed by atoms with van der Waals surface area (Å²) in [6.45, 7) is 0.715. The standard InChI is InChI=1S/C29H30FN5O3/c1-31-29(37)25-9-6-18(16-35(25)17-22-23(30)4-3-5-27(22)38-2)14-26(36)20-7-8-24-21(15-20)28(34-33-24)19-10-12-32-13-11-19/h3-5,7-8,10-13,15,18,25H,6,9,14,16-17H2,1-2H3,(H,31,37)(H,33,34)/t18-,25-/m0/s1. The number of hydrogen-bond donors (Lipinski definition) is 2. The van der Waals surface area contributed by atoms with Crippen LogP contribution in [0.3, 0.4) is 0 Å². The Labute approximate surface area is 220 Å². The number of nitrogens with zero attached hydrogens (tertiary/aromatic N) is 3. The number of likely N-dealkylation sites (N-methyl/N-ethyl adjacent to an activating group) is 1. The number of methoxy groups -OCH3 is 1. The van der Waals surface area contributed by atoms with E-state index < -0.39 is 6.04 Å². The highest BCUT2D eigenvalue weighted by atomic mass is 19.1. The van der Waals surface area contributed by atoms with Crippen molar-refractivity contribution in [1.82, 2.24) is 25.4 Å². The van der Waals surface area contributed by atoms with Crippen molar-refractivity contribution >= 4 is 22.6 Å². The molecule has 1 fully saturated rings. The number of piperidine rings is 1. The third-order valence-electron chi connectivity index (χ3n) is 7.30. The van der Waals surface area contributed by atoms with Crippen molar-refractivity contribution in [2.45, 2.75) is 31.8 Å². The molecule has 2 N–H and O–H groups in total. The number of Topliss-reactive ketones (excluding diaryl/α,β-unsaturated/α-hetero) is 1. The van der Waals surface area contributed by atoms with Gasteiger partial charge in [-0.05, 0) is 61.2 Å². The zero-order valence-corrected chi connectivity index (χ0v) is 21.4. The van der Waals surface area contributed by atoms with Crippen molar-refractivity contribution in [3.8, 4) is 17.0 Å². The molecular weight excluding hydrogens is 485 g/mol. The van der Waals surface area contributed by atoms with E-state index in [0.29, 0.717) is 36.3 Å².